The Morgan fingerprint density at radius 2 is 1.76 bits per heavy atom. The van der Waals surface area contributed by atoms with E-state index in [1.165, 1.54) is 13.0 Å². The Labute approximate surface area is 143 Å². The molecular weight excluding hydrogens is 374 g/mol. The number of non-ortho nitro benzene ring substituents is 1. The highest BCUT2D eigenvalue weighted by molar-refractivity contribution is 7.92. The minimum absolute atomic E-state index is 0.0631. The zero-order valence-corrected chi connectivity index (χ0v) is 14.3. The zero-order chi connectivity index (χ0) is 19.0. The highest BCUT2D eigenvalue weighted by atomic mass is 32.2. The van der Waals surface area contributed by atoms with Gasteiger partial charge in [-0.25, -0.2) is 8.42 Å². The number of hydrogen-bond donors (Lipinski definition) is 3. The van der Waals surface area contributed by atoms with Crippen LogP contribution in [-0.2, 0) is 20.1 Å². The van der Waals surface area contributed by atoms with Gasteiger partial charge in [0.1, 0.15) is 0 Å². The molecule has 0 aliphatic rings. The summed E-state index contributed by atoms with van der Waals surface area (Å²) in [5.74, 6) is 0. The first-order valence-corrected chi connectivity index (χ1v) is 9.49. The Morgan fingerprint density at radius 3 is 2.32 bits per heavy atom. The fourth-order valence-electron chi connectivity index (χ4n) is 1.93. The Kier molecular flexibility index (Phi) is 4.70. The molecule has 2 aromatic carbocycles. The molecule has 0 bridgehead atoms. The van der Waals surface area contributed by atoms with Crippen molar-refractivity contribution in [1.82, 2.24) is 0 Å². The van der Waals surface area contributed by atoms with Crippen LogP contribution in [0.15, 0.2) is 46.2 Å². The molecule has 0 aromatic heterocycles. The minimum Gasteiger partial charge on any atom is -0.398 e. The van der Waals surface area contributed by atoms with Gasteiger partial charge in [-0.15, -0.1) is 0 Å². The second-order valence-electron chi connectivity index (χ2n) is 5.02. The zero-order valence-electron chi connectivity index (χ0n) is 12.7. The lowest BCUT2D eigenvalue weighted by molar-refractivity contribution is -0.385. The van der Waals surface area contributed by atoms with E-state index < -0.39 is 40.5 Å². The van der Waals surface area contributed by atoms with Crippen LogP contribution in [0.1, 0.15) is 5.56 Å². The number of benzene rings is 2. The van der Waals surface area contributed by atoms with Crippen molar-refractivity contribution < 1.29 is 26.3 Å². The smallest absolute Gasteiger partial charge is 0.294 e. The lowest BCUT2D eigenvalue weighted by atomic mass is 10.2. The van der Waals surface area contributed by atoms with E-state index in [1.807, 2.05) is 0 Å². The van der Waals surface area contributed by atoms with Gasteiger partial charge >= 0.3 is 0 Å². The molecule has 12 heteroatoms. The number of nitro benzene ring substituents is 1. The third kappa shape index (κ3) is 4.04. The monoisotopic (exact) mass is 387 g/mol. The number of nitrogens with one attached hydrogen (secondary N) is 1. The maximum atomic E-state index is 12.4. The molecule has 0 saturated heterocycles. The van der Waals surface area contributed by atoms with E-state index in [-0.39, 0.29) is 16.9 Å². The van der Waals surface area contributed by atoms with Crippen LogP contribution in [0.3, 0.4) is 0 Å². The van der Waals surface area contributed by atoms with E-state index >= 15 is 0 Å². The molecule has 0 spiro atoms. The summed E-state index contributed by atoms with van der Waals surface area (Å²) >= 11 is 0. The summed E-state index contributed by atoms with van der Waals surface area (Å²) in [4.78, 5) is 9.04. The fraction of sp³-hybridized carbons (Fsp3) is 0.0769. The van der Waals surface area contributed by atoms with Gasteiger partial charge in [0.2, 0.25) is 0 Å². The van der Waals surface area contributed by atoms with Crippen molar-refractivity contribution in [2.24, 2.45) is 0 Å². The second-order valence-corrected chi connectivity index (χ2v) is 8.12. The summed E-state index contributed by atoms with van der Waals surface area (Å²) in [6.45, 7) is 1.44. The standard InChI is InChI=1S/C13H13N3O7S2/c1-8-12(14)6-11(25(21,22)23)7-13(8)15-24(19,20)10-4-2-3-9(5-10)16(17)18/h2-7,15H,14H2,1H3,(H,21,22,23). The largest absolute Gasteiger partial charge is 0.398 e. The lowest BCUT2D eigenvalue weighted by Crippen LogP contribution is -2.15. The molecular formula is C13H13N3O7S2. The second kappa shape index (κ2) is 6.31. The summed E-state index contributed by atoms with van der Waals surface area (Å²) in [5, 5.41) is 10.8. The summed E-state index contributed by atoms with van der Waals surface area (Å²) in [6.07, 6.45) is 0. The van der Waals surface area contributed by atoms with E-state index in [4.69, 9.17) is 10.3 Å². The molecule has 0 amide bonds. The highest BCUT2D eigenvalue weighted by Crippen LogP contribution is 2.28. The van der Waals surface area contributed by atoms with Crippen LogP contribution in [0.2, 0.25) is 0 Å². The molecule has 0 aliphatic carbocycles. The fourth-order valence-corrected chi connectivity index (χ4v) is 3.63. The van der Waals surface area contributed by atoms with Crippen molar-refractivity contribution >= 4 is 37.2 Å². The summed E-state index contributed by atoms with van der Waals surface area (Å²) < 4.78 is 58.6. The number of nitrogens with zero attached hydrogens (tertiary/aromatic N) is 1. The van der Waals surface area contributed by atoms with E-state index in [1.54, 1.807) is 0 Å². The van der Waals surface area contributed by atoms with Crippen molar-refractivity contribution in [2.75, 3.05) is 10.5 Å². The van der Waals surface area contributed by atoms with Gasteiger partial charge in [0.25, 0.3) is 25.8 Å². The molecule has 0 radical (unpaired) electrons. The number of nitrogen functional groups attached to an aromatic ring is 1. The van der Waals surface area contributed by atoms with Gasteiger partial charge in [0.05, 0.1) is 20.4 Å². The van der Waals surface area contributed by atoms with Crippen molar-refractivity contribution in [3.05, 3.63) is 52.1 Å². The van der Waals surface area contributed by atoms with Crippen molar-refractivity contribution in [3.63, 3.8) is 0 Å². The molecule has 0 heterocycles. The number of hydrogen-bond acceptors (Lipinski definition) is 7. The number of nitrogens with two attached hydrogens (primary N) is 1. The van der Waals surface area contributed by atoms with Gasteiger partial charge in [-0.2, -0.15) is 8.42 Å². The molecule has 2 rings (SSSR count). The molecule has 4 N–H and O–H groups in total. The predicted molar refractivity (Wildman–Crippen MR) is 89.3 cm³/mol. The number of nitro groups is 1. The molecule has 0 atom stereocenters. The van der Waals surface area contributed by atoms with Gasteiger partial charge < -0.3 is 5.73 Å². The van der Waals surface area contributed by atoms with Gasteiger partial charge in [-0.05, 0) is 30.7 Å². The molecule has 10 nitrogen and oxygen atoms in total. The first-order valence-electron chi connectivity index (χ1n) is 6.57. The molecule has 134 valence electrons. The Morgan fingerprint density at radius 1 is 1.12 bits per heavy atom. The molecule has 2 aromatic rings. The summed E-state index contributed by atoms with van der Waals surface area (Å²) in [6, 6.07) is 6.20. The maximum absolute atomic E-state index is 12.4. The average Bonchev–Trinajstić information content (AvgIpc) is 2.50. The van der Waals surface area contributed by atoms with E-state index in [0.29, 0.717) is 0 Å². The van der Waals surface area contributed by atoms with Crippen molar-refractivity contribution in [2.45, 2.75) is 16.7 Å². The van der Waals surface area contributed by atoms with E-state index in [0.717, 1.165) is 30.3 Å². The molecule has 0 aliphatic heterocycles. The minimum atomic E-state index is -4.61. The third-order valence-corrected chi connectivity index (χ3v) is 5.50. The molecule has 0 fully saturated rings. The lowest BCUT2D eigenvalue weighted by Gasteiger charge is -2.13. The topological polar surface area (TPSA) is 170 Å². The van der Waals surface area contributed by atoms with Crippen LogP contribution in [0.25, 0.3) is 0 Å². The van der Waals surface area contributed by atoms with E-state index in [9.17, 15) is 26.9 Å². The van der Waals surface area contributed by atoms with Crippen LogP contribution in [0.4, 0.5) is 17.1 Å². The first-order chi connectivity index (χ1) is 11.4. The van der Waals surface area contributed by atoms with Crippen LogP contribution >= 0.6 is 0 Å². The van der Waals surface area contributed by atoms with Gasteiger partial charge in [-0.3, -0.25) is 19.4 Å². The number of anilines is 2. The third-order valence-electron chi connectivity index (χ3n) is 3.30. The summed E-state index contributed by atoms with van der Waals surface area (Å²) in [7, 11) is -8.86. The van der Waals surface area contributed by atoms with Crippen LogP contribution < -0.4 is 10.5 Å². The Bertz CT molecular complexity index is 1060. The molecule has 0 saturated carbocycles. The predicted octanol–water partition coefficient (Wildman–Crippen LogP) is 1.53. The number of rotatable bonds is 5. The summed E-state index contributed by atoms with van der Waals surface area (Å²) in [5.41, 5.74) is 5.19. The Hall–Kier alpha value is -2.70. The van der Waals surface area contributed by atoms with Crippen LogP contribution in [-0.4, -0.2) is 26.3 Å². The average molecular weight is 387 g/mol. The van der Waals surface area contributed by atoms with Gasteiger partial charge in [-0.1, -0.05) is 6.07 Å². The number of sulfonamides is 1. The normalized spacial score (nSPS) is 11.9. The van der Waals surface area contributed by atoms with E-state index in [2.05, 4.69) is 4.72 Å². The highest BCUT2D eigenvalue weighted by Gasteiger charge is 2.21. The first kappa shape index (κ1) is 18.6. The van der Waals surface area contributed by atoms with Crippen molar-refractivity contribution in [1.29, 1.82) is 0 Å². The van der Waals surface area contributed by atoms with Crippen LogP contribution in [0.5, 0.6) is 0 Å². The van der Waals surface area contributed by atoms with Gasteiger partial charge in [0, 0.05) is 17.8 Å². The Balaban J connectivity index is 2.53. The van der Waals surface area contributed by atoms with Crippen molar-refractivity contribution in [3.8, 4) is 0 Å². The SMILES string of the molecule is Cc1c(N)cc(S(=O)(=O)O)cc1NS(=O)(=O)c1cccc([N+](=O)[O-])c1. The van der Waals surface area contributed by atoms with Gasteiger partial charge in [0.15, 0.2) is 0 Å². The molecule has 25 heavy (non-hydrogen) atoms. The molecule has 0 unspecified atom stereocenters. The quantitative estimate of drug-likeness (QED) is 0.300. The maximum Gasteiger partial charge on any atom is 0.294 e. The van der Waals surface area contributed by atoms with Crippen LogP contribution in [0, 0.1) is 17.0 Å².